The van der Waals surface area contributed by atoms with Gasteiger partial charge in [0.2, 0.25) is 0 Å². The molecule has 0 saturated carbocycles. The zero-order chi connectivity index (χ0) is 12.2. The van der Waals surface area contributed by atoms with Crippen LogP contribution in [-0.2, 0) is 0 Å². The van der Waals surface area contributed by atoms with E-state index in [1.807, 2.05) is 7.05 Å². The fourth-order valence-corrected chi connectivity index (χ4v) is 3.27. The zero-order valence-electron chi connectivity index (χ0n) is 11.1. The van der Waals surface area contributed by atoms with Crippen molar-refractivity contribution in [2.75, 3.05) is 20.1 Å². The fraction of sp³-hybridized carbons (Fsp3) is 0.692. The maximum atomic E-state index is 3.46. The molecular formula is C13H24N2S. The lowest BCUT2D eigenvalue weighted by atomic mass is 9.88. The molecular weight excluding hydrogens is 216 g/mol. The van der Waals surface area contributed by atoms with Crippen molar-refractivity contribution in [1.82, 2.24) is 10.2 Å². The highest BCUT2D eigenvalue weighted by Crippen LogP contribution is 2.31. The highest BCUT2D eigenvalue weighted by atomic mass is 32.1. The summed E-state index contributed by atoms with van der Waals surface area (Å²) in [6, 6.07) is 2.61. The molecule has 0 aliphatic rings. The molecule has 1 atom stereocenters. The molecule has 0 fully saturated rings. The Bertz CT molecular complexity index is 289. The number of thiophene rings is 1. The summed E-state index contributed by atoms with van der Waals surface area (Å²) >= 11 is 1.77. The summed E-state index contributed by atoms with van der Waals surface area (Å²) in [6.45, 7) is 11.3. The average Bonchev–Trinajstić information content (AvgIpc) is 2.73. The van der Waals surface area contributed by atoms with Crippen LogP contribution in [0.15, 0.2) is 16.8 Å². The summed E-state index contributed by atoms with van der Waals surface area (Å²) in [5.74, 6) is 0. The molecule has 0 radical (unpaired) electrons. The van der Waals surface area contributed by atoms with Crippen LogP contribution in [0.1, 0.15) is 39.3 Å². The standard InChI is InChI=1S/C13H24N2S/c1-6-15(7-2)13(3,4)12(14-5)11-8-9-16-10-11/h8-10,12,14H,6-7H2,1-5H3. The van der Waals surface area contributed by atoms with Gasteiger partial charge in [-0.2, -0.15) is 11.3 Å². The molecule has 0 amide bonds. The lowest BCUT2D eigenvalue weighted by molar-refractivity contribution is 0.0946. The van der Waals surface area contributed by atoms with E-state index in [1.54, 1.807) is 11.3 Å². The molecule has 0 aliphatic heterocycles. The zero-order valence-corrected chi connectivity index (χ0v) is 11.9. The van der Waals surface area contributed by atoms with Crippen LogP contribution in [0.5, 0.6) is 0 Å². The number of hydrogen-bond acceptors (Lipinski definition) is 3. The molecule has 0 spiro atoms. The average molecular weight is 240 g/mol. The number of nitrogens with zero attached hydrogens (tertiary/aromatic N) is 1. The Morgan fingerprint density at radius 3 is 2.38 bits per heavy atom. The third kappa shape index (κ3) is 2.65. The monoisotopic (exact) mass is 240 g/mol. The minimum absolute atomic E-state index is 0.138. The van der Waals surface area contributed by atoms with E-state index in [4.69, 9.17) is 0 Å². The van der Waals surface area contributed by atoms with Crippen LogP contribution in [0, 0.1) is 0 Å². The number of rotatable bonds is 6. The maximum Gasteiger partial charge on any atom is 0.0507 e. The van der Waals surface area contributed by atoms with E-state index in [1.165, 1.54) is 5.56 Å². The van der Waals surface area contributed by atoms with Crippen LogP contribution in [0.3, 0.4) is 0 Å². The Labute approximate surface area is 104 Å². The highest BCUT2D eigenvalue weighted by Gasteiger charge is 2.34. The molecule has 1 unspecified atom stereocenters. The first-order valence-corrected chi connectivity index (χ1v) is 6.96. The van der Waals surface area contributed by atoms with Crippen LogP contribution in [0.4, 0.5) is 0 Å². The summed E-state index contributed by atoms with van der Waals surface area (Å²) < 4.78 is 0. The molecule has 0 bridgehead atoms. The smallest absolute Gasteiger partial charge is 0.0507 e. The normalized spacial score (nSPS) is 14.4. The Kier molecular flexibility index (Phi) is 4.96. The van der Waals surface area contributed by atoms with Gasteiger partial charge in [-0.3, -0.25) is 4.90 Å². The van der Waals surface area contributed by atoms with Crippen molar-refractivity contribution in [2.45, 2.75) is 39.3 Å². The first kappa shape index (κ1) is 13.7. The van der Waals surface area contributed by atoms with Crippen molar-refractivity contribution in [3.8, 4) is 0 Å². The summed E-state index contributed by atoms with van der Waals surface area (Å²) in [4.78, 5) is 2.51. The van der Waals surface area contributed by atoms with E-state index in [-0.39, 0.29) is 5.54 Å². The van der Waals surface area contributed by atoms with E-state index in [2.05, 4.69) is 54.7 Å². The van der Waals surface area contributed by atoms with Crippen LogP contribution in [0.25, 0.3) is 0 Å². The second kappa shape index (κ2) is 5.80. The van der Waals surface area contributed by atoms with Crippen LogP contribution < -0.4 is 5.32 Å². The molecule has 1 aromatic rings. The van der Waals surface area contributed by atoms with Crippen LogP contribution >= 0.6 is 11.3 Å². The van der Waals surface area contributed by atoms with Gasteiger partial charge in [0.05, 0.1) is 6.04 Å². The quantitative estimate of drug-likeness (QED) is 0.822. The maximum absolute atomic E-state index is 3.46. The first-order valence-electron chi connectivity index (χ1n) is 6.02. The number of nitrogens with one attached hydrogen (secondary N) is 1. The second-order valence-electron chi connectivity index (χ2n) is 4.60. The van der Waals surface area contributed by atoms with Crippen molar-refractivity contribution >= 4 is 11.3 Å². The van der Waals surface area contributed by atoms with Crippen molar-refractivity contribution < 1.29 is 0 Å². The number of hydrogen-bond donors (Lipinski definition) is 1. The summed E-state index contributed by atoms with van der Waals surface area (Å²) in [6.07, 6.45) is 0. The van der Waals surface area contributed by atoms with Gasteiger partial charge in [0.25, 0.3) is 0 Å². The Morgan fingerprint density at radius 1 is 1.38 bits per heavy atom. The van der Waals surface area contributed by atoms with Gasteiger partial charge >= 0.3 is 0 Å². The Balaban J connectivity index is 2.94. The molecule has 1 aromatic heterocycles. The van der Waals surface area contributed by atoms with Crippen molar-refractivity contribution in [3.05, 3.63) is 22.4 Å². The molecule has 1 N–H and O–H groups in total. The van der Waals surface area contributed by atoms with Gasteiger partial charge in [-0.1, -0.05) is 13.8 Å². The lowest BCUT2D eigenvalue weighted by Gasteiger charge is -2.43. The van der Waals surface area contributed by atoms with E-state index in [0.717, 1.165) is 13.1 Å². The third-order valence-corrected chi connectivity index (χ3v) is 4.15. The largest absolute Gasteiger partial charge is 0.311 e. The van der Waals surface area contributed by atoms with Gasteiger partial charge in [0.15, 0.2) is 0 Å². The van der Waals surface area contributed by atoms with Crippen molar-refractivity contribution in [2.24, 2.45) is 0 Å². The third-order valence-electron chi connectivity index (χ3n) is 3.45. The van der Waals surface area contributed by atoms with E-state index < -0.39 is 0 Å². The molecule has 1 rings (SSSR count). The van der Waals surface area contributed by atoms with E-state index in [9.17, 15) is 0 Å². The lowest BCUT2D eigenvalue weighted by Crippen LogP contribution is -2.51. The molecule has 92 valence electrons. The SMILES string of the molecule is CCN(CC)C(C)(C)C(NC)c1ccsc1. The molecule has 0 aromatic carbocycles. The predicted molar refractivity (Wildman–Crippen MR) is 73.1 cm³/mol. The fourth-order valence-electron chi connectivity index (χ4n) is 2.59. The van der Waals surface area contributed by atoms with Crippen LogP contribution in [-0.4, -0.2) is 30.6 Å². The van der Waals surface area contributed by atoms with Gasteiger partial charge in [-0.05, 0) is 56.4 Å². The Morgan fingerprint density at radius 2 is 2.00 bits per heavy atom. The van der Waals surface area contributed by atoms with Gasteiger partial charge in [0.1, 0.15) is 0 Å². The number of likely N-dealkylation sites (N-methyl/N-ethyl adjacent to an activating group) is 2. The first-order chi connectivity index (χ1) is 7.57. The van der Waals surface area contributed by atoms with Gasteiger partial charge in [-0.15, -0.1) is 0 Å². The summed E-state index contributed by atoms with van der Waals surface area (Å²) in [5, 5.41) is 7.85. The van der Waals surface area contributed by atoms with Gasteiger partial charge < -0.3 is 5.32 Å². The van der Waals surface area contributed by atoms with Crippen LogP contribution in [0.2, 0.25) is 0 Å². The summed E-state index contributed by atoms with van der Waals surface area (Å²) in [7, 11) is 2.05. The van der Waals surface area contributed by atoms with E-state index in [0.29, 0.717) is 6.04 Å². The van der Waals surface area contributed by atoms with Gasteiger partial charge in [-0.25, -0.2) is 0 Å². The molecule has 0 aliphatic carbocycles. The molecule has 3 heteroatoms. The van der Waals surface area contributed by atoms with Gasteiger partial charge in [0, 0.05) is 5.54 Å². The van der Waals surface area contributed by atoms with E-state index >= 15 is 0 Å². The second-order valence-corrected chi connectivity index (χ2v) is 5.38. The Hall–Kier alpha value is -0.380. The molecule has 16 heavy (non-hydrogen) atoms. The molecule has 0 saturated heterocycles. The highest BCUT2D eigenvalue weighted by molar-refractivity contribution is 7.07. The summed E-state index contributed by atoms with van der Waals surface area (Å²) in [5.41, 5.74) is 1.53. The minimum Gasteiger partial charge on any atom is -0.311 e. The topological polar surface area (TPSA) is 15.3 Å². The minimum atomic E-state index is 0.138. The van der Waals surface area contributed by atoms with Crippen molar-refractivity contribution in [3.63, 3.8) is 0 Å². The molecule has 1 heterocycles. The predicted octanol–water partition coefficient (Wildman–Crippen LogP) is 3.13. The van der Waals surface area contributed by atoms with Crippen molar-refractivity contribution in [1.29, 1.82) is 0 Å². The molecule has 2 nitrogen and oxygen atoms in total.